The predicted molar refractivity (Wildman–Crippen MR) is 75.5 cm³/mol. The van der Waals surface area contributed by atoms with Gasteiger partial charge >= 0.3 is 5.97 Å². The number of rotatable bonds is 6. The van der Waals surface area contributed by atoms with Gasteiger partial charge in [0.1, 0.15) is 5.92 Å². The number of amides is 1. The van der Waals surface area contributed by atoms with Gasteiger partial charge in [0, 0.05) is 18.0 Å². The zero-order chi connectivity index (χ0) is 14.5. The number of aliphatic carboxylic acids is 1. The molecule has 1 amide bonds. The van der Waals surface area contributed by atoms with Crippen molar-refractivity contribution >= 4 is 23.2 Å². The maximum atomic E-state index is 12.3. The molecule has 1 aliphatic heterocycles. The van der Waals surface area contributed by atoms with Gasteiger partial charge in [-0.2, -0.15) is 0 Å². The minimum Gasteiger partial charge on any atom is -0.481 e. The fourth-order valence-corrected chi connectivity index (χ4v) is 2.96. The maximum Gasteiger partial charge on any atom is 0.315 e. The summed E-state index contributed by atoms with van der Waals surface area (Å²) in [5, 5.41) is 11.0. The van der Waals surface area contributed by atoms with Gasteiger partial charge in [0.25, 0.3) is 0 Å². The summed E-state index contributed by atoms with van der Waals surface area (Å²) in [6, 6.07) is 3.88. The van der Waals surface area contributed by atoms with Crippen LogP contribution < -0.4 is 0 Å². The molecule has 1 fully saturated rings. The van der Waals surface area contributed by atoms with E-state index in [-0.39, 0.29) is 12.0 Å². The number of carbonyl (C=O) groups excluding carboxylic acids is 1. The Morgan fingerprint density at radius 3 is 2.95 bits per heavy atom. The van der Waals surface area contributed by atoms with Crippen molar-refractivity contribution in [3.8, 4) is 0 Å². The number of ether oxygens (including phenoxy) is 1. The molecule has 110 valence electrons. The highest BCUT2D eigenvalue weighted by atomic mass is 32.1. The molecule has 0 radical (unpaired) electrons. The molecule has 0 aliphatic carbocycles. The number of hydrogen-bond acceptors (Lipinski definition) is 4. The first-order chi connectivity index (χ1) is 9.58. The largest absolute Gasteiger partial charge is 0.481 e. The molecule has 0 spiro atoms. The van der Waals surface area contributed by atoms with E-state index in [4.69, 9.17) is 9.84 Å². The van der Waals surface area contributed by atoms with Gasteiger partial charge in [-0.1, -0.05) is 6.07 Å². The minimum atomic E-state index is -1.08. The van der Waals surface area contributed by atoms with Crippen molar-refractivity contribution < 1.29 is 19.4 Å². The molecular formula is C14H19NO4S. The number of carboxylic acids is 1. The molecule has 2 rings (SSSR count). The van der Waals surface area contributed by atoms with E-state index in [9.17, 15) is 9.59 Å². The highest BCUT2D eigenvalue weighted by molar-refractivity contribution is 7.09. The van der Waals surface area contributed by atoms with Gasteiger partial charge < -0.3 is 14.7 Å². The van der Waals surface area contributed by atoms with Crippen molar-refractivity contribution in [2.75, 3.05) is 13.2 Å². The average molecular weight is 297 g/mol. The average Bonchev–Trinajstić information content (AvgIpc) is 3.09. The minimum absolute atomic E-state index is 0.0277. The van der Waals surface area contributed by atoms with Gasteiger partial charge in [-0.3, -0.25) is 9.59 Å². The van der Waals surface area contributed by atoms with Crippen LogP contribution in [0.5, 0.6) is 0 Å². The summed E-state index contributed by atoms with van der Waals surface area (Å²) in [7, 11) is 0. The lowest BCUT2D eigenvalue weighted by molar-refractivity contribution is -0.151. The molecule has 1 N–H and O–H groups in total. The van der Waals surface area contributed by atoms with Crippen molar-refractivity contribution in [3.63, 3.8) is 0 Å². The van der Waals surface area contributed by atoms with Gasteiger partial charge in [-0.05, 0) is 31.2 Å². The van der Waals surface area contributed by atoms with E-state index in [1.165, 1.54) is 6.92 Å². The van der Waals surface area contributed by atoms with Crippen LogP contribution in [0.15, 0.2) is 17.5 Å². The lowest BCUT2D eigenvalue weighted by Gasteiger charge is -2.26. The maximum absolute atomic E-state index is 12.3. The van der Waals surface area contributed by atoms with Crippen LogP contribution in [0.2, 0.25) is 0 Å². The Labute approximate surface area is 122 Å². The lowest BCUT2D eigenvalue weighted by Crippen LogP contribution is -2.41. The third kappa shape index (κ3) is 3.80. The van der Waals surface area contributed by atoms with Crippen LogP contribution in [-0.4, -0.2) is 41.1 Å². The zero-order valence-corrected chi connectivity index (χ0v) is 12.3. The zero-order valence-electron chi connectivity index (χ0n) is 11.4. The molecule has 2 atom stereocenters. The molecule has 20 heavy (non-hydrogen) atoms. The van der Waals surface area contributed by atoms with Gasteiger partial charge in [0.05, 0.1) is 12.6 Å². The Morgan fingerprint density at radius 2 is 2.40 bits per heavy atom. The van der Waals surface area contributed by atoms with Crippen molar-refractivity contribution in [1.29, 1.82) is 0 Å². The molecule has 0 saturated carbocycles. The molecule has 1 aliphatic rings. The standard InChI is InChI=1S/C14H19NO4S/c1-10(14(17)18)13(16)15(8-11-4-2-6-19-11)9-12-5-3-7-20-12/h3,5,7,10-11H,2,4,6,8-9H2,1H3,(H,17,18). The summed E-state index contributed by atoms with van der Waals surface area (Å²) in [6.45, 7) is 3.07. The summed E-state index contributed by atoms with van der Waals surface area (Å²) >= 11 is 1.56. The van der Waals surface area contributed by atoms with Crippen LogP contribution in [-0.2, 0) is 20.9 Å². The highest BCUT2D eigenvalue weighted by Crippen LogP contribution is 2.19. The van der Waals surface area contributed by atoms with Crippen molar-refractivity contribution in [2.45, 2.75) is 32.4 Å². The molecule has 0 aromatic carbocycles. The fraction of sp³-hybridized carbons (Fsp3) is 0.571. The van der Waals surface area contributed by atoms with E-state index in [1.807, 2.05) is 17.5 Å². The van der Waals surface area contributed by atoms with Crippen molar-refractivity contribution in [3.05, 3.63) is 22.4 Å². The van der Waals surface area contributed by atoms with E-state index in [0.29, 0.717) is 13.1 Å². The fourth-order valence-electron chi connectivity index (χ4n) is 2.24. The molecule has 2 unspecified atom stereocenters. The monoisotopic (exact) mass is 297 g/mol. The summed E-state index contributed by atoms with van der Waals surface area (Å²) in [6.07, 6.45) is 1.95. The first-order valence-corrected chi connectivity index (χ1v) is 7.61. The summed E-state index contributed by atoms with van der Waals surface area (Å²) in [4.78, 5) is 26.0. The summed E-state index contributed by atoms with van der Waals surface area (Å²) in [5.41, 5.74) is 0. The number of nitrogens with zero attached hydrogens (tertiary/aromatic N) is 1. The van der Waals surface area contributed by atoms with Crippen LogP contribution in [0, 0.1) is 5.92 Å². The molecule has 1 saturated heterocycles. The quantitative estimate of drug-likeness (QED) is 0.815. The second-order valence-electron chi connectivity index (χ2n) is 4.99. The first kappa shape index (κ1) is 15.0. The second kappa shape index (κ2) is 6.85. The van der Waals surface area contributed by atoms with Crippen molar-refractivity contribution in [1.82, 2.24) is 4.90 Å². The Hall–Kier alpha value is -1.40. The Bertz CT molecular complexity index is 454. The third-order valence-electron chi connectivity index (χ3n) is 3.43. The summed E-state index contributed by atoms with van der Waals surface area (Å²) in [5.74, 6) is -2.45. The van der Waals surface area contributed by atoms with Gasteiger partial charge in [-0.15, -0.1) is 11.3 Å². The highest BCUT2D eigenvalue weighted by Gasteiger charge is 2.29. The van der Waals surface area contributed by atoms with E-state index in [0.717, 1.165) is 24.3 Å². The number of carboxylic acid groups (broad SMARTS) is 1. The van der Waals surface area contributed by atoms with E-state index in [2.05, 4.69) is 0 Å². The second-order valence-corrected chi connectivity index (χ2v) is 6.03. The Balaban J connectivity index is 2.05. The molecule has 1 aromatic rings. The predicted octanol–water partition coefficient (Wildman–Crippen LogP) is 1.98. The molecule has 6 heteroatoms. The summed E-state index contributed by atoms with van der Waals surface area (Å²) < 4.78 is 5.56. The number of hydrogen-bond donors (Lipinski definition) is 1. The van der Waals surface area contributed by atoms with Gasteiger partial charge in [-0.25, -0.2) is 0 Å². The van der Waals surface area contributed by atoms with Crippen LogP contribution in [0.3, 0.4) is 0 Å². The van der Waals surface area contributed by atoms with E-state index >= 15 is 0 Å². The van der Waals surface area contributed by atoms with E-state index in [1.54, 1.807) is 16.2 Å². The smallest absolute Gasteiger partial charge is 0.315 e. The van der Waals surface area contributed by atoms with Crippen LogP contribution in [0.1, 0.15) is 24.6 Å². The van der Waals surface area contributed by atoms with Crippen LogP contribution in [0.25, 0.3) is 0 Å². The SMILES string of the molecule is CC(C(=O)O)C(=O)N(Cc1cccs1)CC1CCCO1. The molecule has 2 heterocycles. The molecular weight excluding hydrogens is 278 g/mol. The number of carbonyl (C=O) groups is 2. The van der Waals surface area contributed by atoms with Crippen LogP contribution >= 0.6 is 11.3 Å². The van der Waals surface area contributed by atoms with Gasteiger partial charge in [0.15, 0.2) is 0 Å². The molecule has 1 aromatic heterocycles. The normalized spacial score (nSPS) is 19.8. The lowest BCUT2D eigenvalue weighted by atomic mass is 10.1. The van der Waals surface area contributed by atoms with Crippen LogP contribution in [0.4, 0.5) is 0 Å². The van der Waals surface area contributed by atoms with Crippen molar-refractivity contribution in [2.24, 2.45) is 5.92 Å². The van der Waals surface area contributed by atoms with Gasteiger partial charge in [0.2, 0.25) is 5.91 Å². The molecule has 5 nitrogen and oxygen atoms in total. The Kier molecular flexibility index (Phi) is 5.14. The topological polar surface area (TPSA) is 66.8 Å². The Morgan fingerprint density at radius 1 is 1.60 bits per heavy atom. The van der Waals surface area contributed by atoms with E-state index < -0.39 is 11.9 Å². The third-order valence-corrected chi connectivity index (χ3v) is 4.29. The molecule has 0 bridgehead atoms. The number of thiophene rings is 1. The first-order valence-electron chi connectivity index (χ1n) is 6.73.